The lowest BCUT2D eigenvalue weighted by molar-refractivity contribution is 0.0540. The van der Waals surface area contributed by atoms with Crippen LogP contribution >= 0.6 is 0 Å². The van der Waals surface area contributed by atoms with Gasteiger partial charge in [-0.1, -0.05) is 0 Å². The summed E-state index contributed by atoms with van der Waals surface area (Å²) in [4.78, 5) is 8.57. The zero-order valence-corrected chi connectivity index (χ0v) is 12.1. The van der Waals surface area contributed by atoms with Crippen LogP contribution in [-0.2, 0) is 16.1 Å². The molecule has 0 atom stereocenters. The minimum Gasteiger partial charge on any atom is -0.475 e. The van der Waals surface area contributed by atoms with E-state index in [2.05, 4.69) is 15.3 Å². The highest BCUT2D eigenvalue weighted by molar-refractivity contribution is 5.37. The number of aromatic nitrogens is 2. The molecule has 6 nitrogen and oxygen atoms in total. The van der Waals surface area contributed by atoms with Gasteiger partial charge in [-0.2, -0.15) is 4.98 Å². The second-order valence-corrected chi connectivity index (χ2v) is 4.16. The Balaban J connectivity index is 2.55. The van der Waals surface area contributed by atoms with Crippen molar-refractivity contribution in [2.24, 2.45) is 0 Å². The van der Waals surface area contributed by atoms with Gasteiger partial charge in [0.2, 0.25) is 5.88 Å². The number of nitrogens with zero attached hydrogens (tertiary/aromatic N) is 2. The average Bonchev–Trinajstić information content (AvgIpc) is 2.41. The van der Waals surface area contributed by atoms with Crippen molar-refractivity contribution < 1.29 is 14.2 Å². The fraction of sp³-hybridized carbons (Fsp3) is 0.692. The van der Waals surface area contributed by atoms with Crippen LogP contribution in [0.4, 0.5) is 5.82 Å². The van der Waals surface area contributed by atoms with Crippen molar-refractivity contribution >= 4 is 5.82 Å². The van der Waals surface area contributed by atoms with E-state index in [4.69, 9.17) is 14.2 Å². The third-order valence-electron chi connectivity index (χ3n) is 2.22. The van der Waals surface area contributed by atoms with Crippen molar-refractivity contribution in [3.05, 3.63) is 11.9 Å². The molecule has 0 bridgehead atoms. The summed E-state index contributed by atoms with van der Waals surface area (Å²) in [6.07, 6.45) is 0.204. The fourth-order valence-electron chi connectivity index (χ4n) is 1.36. The first-order chi connectivity index (χ1) is 9.15. The molecule has 6 heteroatoms. The van der Waals surface area contributed by atoms with E-state index >= 15 is 0 Å². The SMILES string of the molecule is CCOCc1nc(NC)cc(OCCOC(C)C)n1. The van der Waals surface area contributed by atoms with Gasteiger partial charge in [-0.15, -0.1) is 0 Å². The molecule has 0 amide bonds. The Morgan fingerprint density at radius 1 is 1.26 bits per heavy atom. The van der Waals surface area contributed by atoms with E-state index in [1.165, 1.54) is 0 Å². The molecule has 0 fully saturated rings. The summed E-state index contributed by atoms with van der Waals surface area (Å²) >= 11 is 0. The van der Waals surface area contributed by atoms with Gasteiger partial charge >= 0.3 is 0 Å². The number of rotatable bonds is 9. The fourth-order valence-corrected chi connectivity index (χ4v) is 1.36. The van der Waals surface area contributed by atoms with E-state index in [-0.39, 0.29) is 6.10 Å². The monoisotopic (exact) mass is 269 g/mol. The number of hydrogen-bond acceptors (Lipinski definition) is 6. The normalized spacial score (nSPS) is 10.8. The smallest absolute Gasteiger partial charge is 0.218 e. The number of ether oxygens (including phenoxy) is 3. The number of hydrogen-bond donors (Lipinski definition) is 1. The number of anilines is 1. The molecule has 0 aromatic carbocycles. The summed E-state index contributed by atoms with van der Waals surface area (Å²) in [6, 6.07) is 1.75. The van der Waals surface area contributed by atoms with Crippen molar-refractivity contribution in [2.75, 3.05) is 32.2 Å². The molecule has 0 aliphatic heterocycles. The van der Waals surface area contributed by atoms with Crippen molar-refractivity contribution in [3.63, 3.8) is 0 Å². The molecule has 0 saturated carbocycles. The zero-order valence-electron chi connectivity index (χ0n) is 12.1. The Morgan fingerprint density at radius 2 is 2.05 bits per heavy atom. The van der Waals surface area contributed by atoms with Gasteiger partial charge in [-0.3, -0.25) is 0 Å². The molecule has 1 aromatic rings. The van der Waals surface area contributed by atoms with Crippen molar-refractivity contribution in [1.82, 2.24) is 9.97 Å². The molecule has 0 saturated heterocycles. The highest BCUT2D eigenvalue weighted by atomic mass is 16.5. The topological polar surface area (TPSA) is 65.5 Å². The van der Waals surface area contributed by atoms with Gasteiger partial charge < -0.3 is 19.5 Å². The molecule has 19 heavy (non-hydrogen) atoms. The summed E-state index contributed by atoms with van der Waals surface area (Å²) < 4.78 is 16.3. The van der Waals surface area contributed by atoms with E-state index in [0.29, 0.717) is 43.9 Å². The summed E-state index contributed by atoms with van der Waals surface area (Å²) in [5.41, 5.74) is 0. The molecule has 0 aliphatic rings. The van der Waals surface area contributed by atoms with Gasteiger partial charge in [0.1, 0.15) is 19.0 Å². The first kappa shape index (κ1) is 15.7. The third kappa shape index (κ3) is 6.35. The lowest BCUT2D eigenvalue weighted by atomic mass is 10.5. The van der Waals surface area contributed by atoms with Crippen LogP contribution < -0.4 is 10.1 Å². The maximum Gasteiger partial charge on any atom is 0.218 e. The molecular weight excluding hydrogens is 246 g/mol. The van der Waals surface area contributed by atoms with Gasteiger partial charge in [0.25, 0.3) is 0 Å². The summed E-state index contributed by atoms with van der Waals surface area (Å²) in [7, 11) is 1.80. The van der Waals surface area contributed by atoms with Crippen LogP contribution in [0.1, 0.15) is 26.6 Å². The van der Waals surface area contributed by atoms with E-state index < -0.39 is 0 Å². The highest BCUT2D eigenvalue weighted by Gasteiger charge is 2.05. The van der Waals surface area contributed by atoms with Gasteiger partial charge in [0, 0.05) is 19.7 Å². The molecule has 0 spiro atoms. The molecule has 1 heterocycles. The van der Waals surface area contributed by atoms with Crippen molar-refractivity contribution in [1.29, 1.82) is 0 Å². The summed E-state index contributed by atoms with van der Waals surface area (Å²) in [6.45, 7) is 7.93. The van der Waals surface area contributed by atoms with Crippen molar-refractivity contribution in [3.8, 4) is 5.88 Å². The average molecular weight is 269 g/mol. The molecule has 1 rings (SSSR count). The molecular formula is C13H23N3O3. The molecule has 1 N–H and O–H groups in total. The first-order valence-corrected chi connectivity index (χ1v) is 6.53. The zero-order chi connectivity index (χ0) is 14.1. The van der Waals surface area contributed by atoms with E-state index in [1.807, 2.05) is 20.8 Å². The molecule has 0 unspecified atom stereocenters. The minimum atomic E-state index is 0.204. The molecule has 0 aliphatic carbocycles. The Hall–Kier alpha value is -1.40. The van der Waals surface area contributed by atoms with E-state index in [1.54, 1.807) is 13.1 Å². The van der Waals surface area contributed by atoms with Gasteiger partial charge in [0.15, 0.2) is 5.82 Å². The van der Waals surface area contributed by atoms with Gasteiger partial charge in [0.05, 0.1) is 12.7 Å². The lowest BCUT2D eigenvalue weighted by Gasteiger charge is -2.10. The maximum absolute atomic E-state index is 5.55. The Kier molecular flexibility index (Phi) is 7.14. The van der Waals surface area contributed by atoms with E-state index in [0.717, 1.165) is 0 Å². The predicted molar refractivity (Wildman–Crippen MR) is 73.5 cm³/mol. The molecule has 0 radical (unpaired) electrons. The van der Waals surface area contributed by atoms with Crippen LogP contribution in [0.3, 0.4) is 0 Å². The maximum atomic E-state index is 5.55. The Labute approximate surface area is 114 Å². The van der Waals surface area contributed by atoms with Gasteiger partial charge in [-0.05, 0) is 20.8 Å². The van der Waals surface area contributed by atoms with Crippen LogP contribution in [-0.4, -0.2) is 42.9 Å². The third-order valence-corrected chi connectivity index (χ3v) is 2.22. The van der Waals surface area contributed by atoms with E-state index in [9.17, 15) is 0 Å². The highest BCUT2D eigenvalue weighted by Crippen LogP contribution is 2.13. The second-order valence-electron chi connectivity index (χ2n) is 4.16. The summed E-state index contributed by atoms with van der Waals surface area (Å²) in [5, 5.41) is 2.97. The number of nitrogens with one attached hydrogen (secondary N) is 1. The standard InChI is InChI=1S/C13H23N3O3/c1-5-17-9-12-15-11(14-4)8-13(16-12)19-7-6-18-10(2)3/h8,10H,5-7,9H2,1-4H3,(H,14,15,16). The minimum absolute atomic E-state index is 0.204. The Bertz CT molecular complexity index is 372. The molecule has 1 aromatic heterocycles. The quantitative estimate of drug-likeness (QED) is 0.690. The molecule has 108 valence electrons. The Morgan fingerprint density at radius 3 is 2.68 bits per heavy atom. The predicted octanol–water partition coefficient (Wildman–Crippen LogP) is 1.86. The van der Waals surface area contributed by atoms with Crippen molar-refractivity contribution in [2.45, 2.75) is 33.5 Å². The van der Waals surface area contributed by atoms with Crippen LogP contribution in [0, 0.1) is 0 Å². The summed E-state index contributed by atoms with van der Waals surface area (Å²) in [5.74, 6) is 1.85. The first-order valence-electron chi connectivity index (χ1n) is 6.53. The van der Waals surface area contributed by atoms with Crippen LogP contribution in [0.2, 0.25) is 0 Å². The lowest BCUT2D eigenvalue weighted by Crippen LogP contribution is -2.13. The van der Waals surface area contributed by atoms with Crippen LogP contribution in [0.25, 0.3) is 0 Å². The van der Waals surface area contributed by atoms with Gasteiger partial charge in [-0.25, -0.2) is 4.98 Å². The largest absolute Gasteiger partial charge is 0.475 e. The van der Waals surface area contributed by atoms with Crippen LogP contribution in [0.5, 0.6) is 5.88 Å². The van der Waals surface area contributed by atoms with Crippen LogP contribution in [0.15, 0.2) is 6.07 Å². The second kappa shape index (κ2) is 8.66.